The van der Waals surface area contributed by atoms with Gasteiger partial charge in [-0.1, -0.05) is 15.9 Å². The van der Waals surface area contributed by atoms with E-state index in [1.807, 2.05) is 48.2 Å². The molecule has 0 aromatic heterocycles. The second-order valence-electron chi connectivity index (χ2n) is 5.24. The average molecular weight is 325 g/mol. The molecular weight excluding hydrogens is 304 g/mol. The Balaban J connectivity index is 2.13. The van der Waals surface area contributed by atoms with Crippen LogP contribution in [0.2, 0.25) is 0 Å². The molecule has 4 heteroatoms. The lowest BCUT2D eigenvalue weighted by Gasteiger charge is -2.34. The molecule has 2 rings (SSSR count). The first-order valence-corrected chi connectivity index (χ1v) is 7.90. The number of anilines is 1. The number of carbonyl (C=O) groups is 1. The maximum Gasteiger partial charge on any atom is 0.254 e. The molecule has 19 heavy (non-hydrogen) atoms. The van der Waals surface area contributed by atoms with Crippen molar-refractivity contribution in [3.8, 4) is 0 Å². The van der Waals surface area contributed by atoms with Crippen LogP contribution in [0.25, 0.3) is 0 Å². The fraction of sp³-hybridized carbons (Fsp3) is 0.533. The van der Waals surface area contributed by atoms with Crippen LogP contribution in [-0.4, -0.2) is 42.8 Å². The number of piperidine rings is 1. The van der Waals surface area contributed by atoms with Gasteiger partial charge in [-0.2, -0.15) is 0 Å². The minimum absolute atomic E-state index is 0.162. The molecule has 1 aliphatic rings. The van der Waals surface area contributed by atoms with Crippen molar-refractivity contribution in [3.63, 3.8) is 0 Å². The molecular formula is C15H21BrN2O. The van der Waals surface area contributed by atoms with Crippen LogP contribution in [-0.2, 0) is 0 Å². The number of benzene rings is 1. The third-order valence-electron chi connectivity index (χ3n) is 3.70. The summed E-state index contributed by atoms with van der Waals surface area (Å²) in [6.07, 6.45) is 3.44. The van der Waals surface area contributed by atoms with Crippen molar-refractivity contribution < 1.29 is 4.79 Å². The first kappa shape index (κ1) is 14.4. The van der Waals surface area contributed by atoms with E-state index in [4.69, 9.17) is 0 Å². The second kappa shape index (κ2) is 6.42. The summed E-state index contributed by atoms with van der Waals surface area (Å²) < 4.78 is 0. The molecule has 3 nitrogen and oxygen atoms in total. The number of alkyl halides is 1. The van der Waals surface area contributed by atoms with Gasteiger partial charge in [-0.15, -0.1) is 0 Å². The van der Waals surface area contributed by atoms with E-state index in [2.05, 4.69) is 15.9 Å². The highest BCUT2D eigenvalue weighted by molar-refractivity contribution is 9.09. The number of rotatable bonds is 3. The lowest BCUT2D eigenvalue weighted by molar-refractivity contribution is 0.0642. The van der Waals surface area contributed by atoms with Crippen LogP contribution in [0.1, 0.15) is 29.6 Å². The van der Waals surface area contributed by atoms with Gasteiger partial charge >= 0.3 is 0 Å². The first-order valence-electron chi connectivity index (χ1n) is 6.78. The van der Waals surface area contributed by atoms with Gasteiger partial charge in [-0.25, -0.2) is 0 Å². The maximum atomic E-state index is 12.5. The highest BCUT2D eigenvalue weighted by Gasteiger charge is 2.26. The molecule has 1 atom stereocenters. The van der Waals surface area contributed by atoms with Gasteiger partial charge in [-0.3, -0.25) is 4.79 Å². The Bertz CT molecular complexity index is 430. The average Bonchev–Trinajstić information content (AvgIpc) is 2.46. The zero-order chi connectivity index (χ0) is 13.8. The van der Waals surface area contributed by atoms with Crippen LogP contribution in [0.15, 0.2) is 24.3 Å². The van der Waals surface area contributed by atoms with E-state index >= 15 is 0 Å². The molecule has 0 radical (unpaired) electrons. The number of likely N-dealkylation sites (tertiary alicyclic amines) is 1. The normalized spacial score (nSPS) is 19.3. The summed E-state index contributed by atoms with van der Waals surface area (Å²) in [4.78, 5) is 16.6. The van der Waals surface area contributed by atoms with Crippen molar-refractivity contribution in [1.82, 2.24) is 4.90 Å². The molecule has 0 aliphatic carbocycles. The summed E-state index contributed by atoms with van der Waals surface area (Å²) >= 11 is 3.52. The molecule has 1 aliphatic heterocycles. The van der Waals surface area contributed by atoms with Gasteiger partial charge in [0.05, 0.1) is 0 Å². The predicted molar refractivity (Wildman–Crippen MR) is 83.2 cm³/mol. The number of hydrogen-bond donors (Lipinski definition) is 0. The Morgan fingerprint density at radius 2 is 2.00 bits per heavy atom. The van der Waals surface area contributed by atoms with Crippen LogP contribution in [0, 0.1) is 0 Å². The van der Waals surface area contributed by atoms with Gasteiger partial charge in [-0.05, 0) is 43.5 Å². The third kappa shape index (κ3) is 3.30. The van der Waals surface area contributed by atoms with Gasteiger partial charge in [0.2, 0.25) is 0 Å². The van der Waals surface area contributed by atoms with E-state index in [0.717, 1.165) is 36.0 Å². The molecule has 1 aromatic carbocycles. The largest absolute Gasteiger partial charge is 0.378 e. The third-order valence-corrected chi connectivity index (χ3v) is 4.44. The van der Waals surface area contributed by atoms with E-state index in [1.165, 1.54) is 6.42 Å². The smallest absolute Gasteiger partial charge is 0.254 e. The van der Waals surface area contributed by atoms with Crippen LogP contribution >= 0.6 is 15.9 Å². The number of hydrogen-bond acceptors (Lipinski definition) is 2. The summed E-state index contributed by atoms with van der Waals surface area (Å²) in [5, 5.41) is 0.870. The van der Waals surface area contributed by atoms with Gasteiger partial charge in [0.1, 0.15) is 0 Å². The van der Waals surface area contributed by atoms with E-state index in [1.54, 1.807) is 0 Å². The molecule has 104 valence electrons. The van der Waals surface area contributed by atoms with E-state index < -0.39 is 0 Å². The Hall–Kier alpha value is -1.03. The second-order valence-corrected chi connectivity index (χ2v) is 5.89. The van der Waals surface area contributed by atoms with Crippen LogP contribution in [0.3, 0.4) is 0 Å². The molecule has 0 spiro atoms. The van der Waals surface area contributed by atoms with E-state index in [-0.39, 0.29) is 5.91 Å². The fourth-order valence-corrected chi connectivity index (χ4v) is 3.17. The van der Waals surface area contributed by atoms with Crippen molar-refractivity contribution in [2.24, 2.45) is 0 Å². The van der Waals surface area contributed by atoms with Crippen LogP contribution in [0.5, 0.6) is 0 Å². The Morgan fingerprint density at radius 1 is 1.32 bits per heavy atom. The van der Waals surface area contributed by atoms with Crippen molar-refractivity contribution in [2.75, 3.05) is 30.9 Å². The molecule has 1 aromatic rings. The quantitative estimate of drug-likeness (QED) is 0.797. The Kier molecular flexibility index (Phi) is 4.86. The summed E-state index contributed by atoms with van der Waals surface area (Å²) in [5.74, 6) is 0.162. The molecule has 0 N–H and O–H groups in total. The standard InChI is InChI=1S/C15H21BrN2O/c1-17(2)13-8-6-12(7-9-13)15(19)18-10-4-3-5-14(18)11-16/h6-9,14H,3-5,10-11H2,1-2H3. The van der Waals surface area contributed by atoms with Gasteiger partial charge in [0.25, 0.3) is 5.91 Å². The highest BCUT2D eigenvalue weighted by atomic mass is 79.9. The van der Waals surface area contributed by atoms with Crippen molar-refractivity contribution in [1.29, 1.82) is 0 Å². The van der Waals surface area contributed by atoms with Crippen molar-refractivity contribution in [2.45, 2.75) is 25.3 Å². The SMILES string of the molecule is CN(C)c1ccc(C(=O)N2CCCCC2CBr)cc1. The summed E-state index contributed by atoms with van der Waals surface area (Å²) in [5.41, 5.74) is 1.91. The number of carbonyl (C=O) groups excluding carboxylic acids is 1. The summed E-state index contributed by atoms with van der Waals surface area (Å²) in [7, 11) is 4.00. The topological polar surface area (TPSA) is 23.6 Å². The predicted octanol–water partition coefficient (Wildman–Crippen LogP) is 3.14. The molecule has 1 amide bonds. The van der Waals surface area contributed by atoms with Gasteiger partial charge in [0, 0.05) is 43.3 Å². The molecule has 1 saturated heterocycles. The van der Waals surface area contributed by atoms with Crippen molar-refractivity contribution >= 4 is 27.5 Å². The minimum Gasteiger partial charge on any atom is -0.378 e. The summed E-state index contributed by atoms with van der Waals surface area (Å²) in [6, 6.07) is 8.20. The molecule has 1 fully saturated rings. The zero-order valence-corrected chi connectivity index (χ0v) is 13.2. The maximum absolute atomic E-state index is 12.5. The van der Waals surface area contributed by atoms with Crippen LogP contribution in [0.4, 0.5) is 5.69 Å². The van der Waals surface area contributed by atoms with Crippen molar-refractivity contribution in [3.05, 3.63) is 29.8 Å². The van der Waals surface area contributed by atoms with Crippen LogP contribution < -0.4 is 4.90 Å². The first-order chi connectivity index (χ1) is 9.13. The molecule has 1 heterocycles. The Labute approximate surface area is 123 Å². The van der Waals surface area contributed by atoms with E-state index in [9.17, 15) is 4.79 Å². The number of halogens is 1. The molecule has 0 bridgehead atoms. The van der Waals surface area contributed by atoms with E-state index in [0.29, 0.717) is 6.04 Å². The zero-order valence-electron chi connectivity index (χ0n) is 11.6. The molecule has 1 unspecified atom stereocenters. The number of amides is 1. The lowest BCUT2D eigenvalue weighted by atomic mass is 10.0. The summed E-state index contributed by atoms with van der Waals surface area (Å²) in [6.45, 7) is 0.879. The number of nitrogens with zero attached hydrogens (tertiary/aromatic N) is 2. The Morgan fingerprint density at radius 3 is 2.58 bits per heavy atom. The minimum atomic E-state index is 0.162. The highest BCUT2D eigenvalue weighted by Crippen LogP contribution is 2.22. The van der Waals surface area contributed by atoms with Gasteiger partial charge < -0.3 is 9.80 Å². The molecule has 0 saturated carbocycles. The lowest BCUT2D eigenvalue weighted by Crippen LogP contribution is -2.44. The monoisotopic (exact) mass is 324 g/mol. The van der Waals surface area contributed by atoms with Gasteiger partial charge in [0.15, 0.2) is 0 Å². The fourth-order valence-electron chi connectivity index (χ4n) is 2.50.